The number of rotatable bonds is 8. The van der Waals surface area contributed by atoms with E-state index in [9.17, 15) is 24.6 Å². The van der Waals surface area contributed by atoms with Gasteiger partial charge in [0.25, 0.3) is 0 Å². The number of hydrogen-bond acceptors (Lipinski definition) is 4. The van der Waals surface area contributed by atoms with Gasteiger partial charge in [0.05, 0.1) is 0 Å². The first kappa shape index (κ1) is 19.7. The predicted molar refractivity (Wildman–Crippen MR) is 96.6 cm³/mol. The Hall–Kier alpha value is -2.63. The summed E-state index contributed by atoms with van der Waals surface area (Å²) in [5.74, 6) is -1.09. The van der Waals surface area contributed by atoms with Crippen molar-refractivity contribution in [3.8, 4) is 5.75 Å². The molecule has 6 nitrogen and oxygen atoms in total. The number of nitrogens with one attached hydrogen (secondary N) is 1. The van der Waals surface area contributed by atoms with Crippen LogP contribution in [-0.4, -0.2) is 33.9 Å². The molecule has 1 aromatic rings. The molecule has 6 heteroatoms. The van der Waals surface area contributed by atoms with Gasteiger partial charge in [0.2, 0.25) is 5.91 Å². The fourth-order valence-corrected chi connectivity index (χ4v) is 3.39. The molecule has 3 N–H and O–H groups in total. The zero-order valence-electron chi connectivity index (χ0n) is 14.9. The van der Waals surface area contributed by atoms with Crippen LogP contribution in [-0.2, 0) is 20.8 Å². The highest BCUT2D eigenvalue weighted by atomic mass is 16.4. The van der Waals surface area contributed by atoms with Gasteiger partial charge in [-0.3, -0.25) is 9.59 Å². The minimum atomic E-state index is -1.11. The summed E-state index contributed by atoms with van der Waals surface area (Å²) >= 11 is 0. The Balaban J connectivity index is 1.95. The number of aliphatic carboxylic acids is 1. The first-order valence-electron chi connectivity index (χ1n) is 8.82. The molecular weight excluding hydrogens is 334 g/mol. The van der Waals surface area contributed by atoms with E-state index >= 15 is 0 Å². The maximum Gasteiger partial charge on any atom is 0.326 e. The van der Waals surface area contributed by atoms with E-state index in [1.807, 2.05) is 19.1 Å². The number of carbonyl (C=O) groups is 3. The molecule has 140 valence electrons. The van der Waals surface area contributed by atoms with Crippen LogP contribution >= 0.6 is 0 Å². The number of ketones is 1. The van der Waals surface area contributed by atoms with E-state index in [1.165, 1.54) is 12.1 Å². The monoisotopic (exact) mass is 359 g/mol. The molecule has 26 heavy (non-hydrogen) atoms. The van der Waals surface area contributed by atoms with Crippen molar-refractivity contribution in [1.29, 1.82) is 0 Å². The molecule has 1 aliphatic carbocycles. The van der Waals surface area contributed by atoms with Crippen molar-refractivity contribution in [1.82, 2.24) is 5.32 Å². The van der Waals surface area contributed by atoms with Gasteiger partial charge in [-0.25, -0.2) is 4.79 Å². The van der Waals surface area contributed by atoms with E-state index in [1.54, 1.807) is 12.1 Å². The lowest BCUT2D eigenvalue weighted by atomic mass is 9.89. The van der Waals surface area contributed by atoms with Gasteiger partial charge in [0.15, 0.2) is 0 Å². The largest absolute Gasteiger partial charge is 0.508 e. The van der Waals surface area contributed by atoms with Crippen molar-refractivity contribution >= 4 is 17.7 Å². The lowest BCUT2D eigenvalue weighted by Gasteiger charge is -2.19. The Morgan fingerprint density at radius 2 is 1.88 bits per heavy atom. The summed E-state index contributed by atoms with van der Waals surface area (Å²) in [6, 6.07) is 5.16. The predicted octanol–water partition coefficient (Wildman–Crippen LogP) is 2.46. The number of Topliss-reactive ketones (excluding diaryl/α,β-unsaturated/α-hetero) is 1. The number of allylic oxidation sites excluding steroid dienone is 2. The number of hydrogen-bond donors (Lipinski definition) is 3. The molecule has 0 saturated heterocycles. The smallest absolute Gasteiger partial charge is 0.326 e. The number of amides is 1. The van der Waals surface area contributed by atoms with Gasteiger partial charge in [-0.1, -0.05) is 24.3 Å². The van der Waals surface area contributed by atoms with Crippen molar-refractivity contribution < 1.29 is 24.6 Å². The van der Waals surface area contributed by atoms with E-state index in [0.29, 0.717) is 18.4 Å². The zero-order valence-corrected chi connectivity index (χ0v) is 14.9. The summed E-state index contributed by atoms with van der Waals surface area (Å²) in [5.41, 5.74) is 0.706. The van der Waals surface area contributed by atoms with Crippen LogP contribution in [0.25, 0.3) is 0 Å². The van der Waals surface area contributed by atoms with E-state index in [0.717, 1.165) is 6.42 Å². The number of carboxylic acids is 1. The Morgan fingerprint density at radius 3 is 2.50 bits per heavy atom. The molecule has 3 atom stereocenters. The van der Waals surface area contributed by atoms with Crippen LogP contribution in [0.15, 0.2) is 36.4 Å². The summed E-state index contributed by atoms with van der Waals surface area (Å²) < 4.78 is 0. The quantitative estimate of drug-likeness (QED) is 0.619. The molecule has 1 fully saturated rings. The number of phenols is 1. The highest BCUT2D eigenvalue weighted by molar-refractivity contribution is 5.86. The molecule has 2 unspecified atom stereocenters. The van der Waals surface area contributed by atoms with Gasteiger partial charge < -0.3 is 15.5 Å². The molecule has 0 spiro atoms. The van der Waals surface area contributed by atoms with Crippen LogP contribution < -0.4 is 5.32 Å². The van der Waals surface area contributed by atoms with Crippen LogP contribution in [0.3, 0.4) is 0 Å². The van der Waals surface area contributed by atoms with Crippen LogP contribution in [0.4, 0.5) is 0 Å². The zero-order chi connectivity index (χ0) is 19.1. The fourth-order valence-electron chi connectivity index (χ4n) is 3.39. The number of benzene rings is 1. The second-order valence-electron chi connectivity index (χ2n) is 6.80. The Kier molecular flexibility index (Phi) is 6.95. The van der Waals surface area contributed by atoms with Crippen molar-refractivity contribution in [2.24, 2.45) is 11.8 Å². The third-order valence-electron chi connectivity index (χ3n) is 4.78. The van der Waals surface area contributed by atoms with Gasteiger partial charge in [-0.2, -0.15) is 0 Å². The molecule has 0 aromatic heterocycles. The van der Waals surface area contributed by atoms with Gasteiger partial charge in [0, 0.05) is 25.7 Å². The van der Waals surface area contributed by atoms with Gasteiger partial charge >= 0.3 is 5.97 Å². The van der Waals surface area contributed by atoms with E-state index in [-0.39, 0.29) is 42.1 Å². The topological polar surface area (TPSA) is 104 Å². The Labute approximate surface area is 152 Å². The lowest BCUT2D eigenvalue weighted by molar-refractivity contribution is -0.142. The first-order valence-corrected chi connectivity index (χ1v) is 8.82. The highest BCUT2D eigenvalue weighted by Crippen LogP contribution is 2.34. The van der Waals surface area contributed by atoms with Crippen molar-refractivity contribution in [3.05, 3.63) is 42.0 Å². The third kappa shape index (κ3) is 5.72. The van der Waals surface area contributed by atoms with Gasteiger partial charge in [0.1, 0.15) is 17.6 Å². The lowest BCUT2D eigenvalue weighted by Crippen LogP contribution is -2.43. The number of carbonyl (C=O) groups excluding carboxylic acids is 2. The molecule has 1 aromatic carbocycles. The standard InChI is InChI=1S/C20H25NO5/c1-2-3-4-14-10-17(23)11-15(14)12-19(24)21-18(20(25)26)9-13-5-7-16(22)8-6-13/h2-3,5-8,14-15,18,22H,4,9-12H2,1H3,(H,21,24)(H,25,26)/t14?,15?,18-/m0/s1. The number of aromatic hydroxyl groups is 1. The van der Waals surface area contributed by atoms with Crippen molar-refractivity contribution in [2.75, 3.05) is 0 Å². The summed E-state index contributed by atoms with van der Waals surface area (Å²) in [6.07, 6.45) is 5.84. The molecule has 2 rings (SSSR count). The van der Waals surface area contributed by atoms with E-state index < -0.39 is 12.0 Å². The van der Waals surface area contributed by atoms with Crippen LogP contribution in [0, 0.1) is 11.8 Å². The van der Waals surface area contributed by atoms with Crippen LogP contribution in [0.5, 0.6) is 5.75 Å². The average molecular weight is 359 g/mol. The van der Waals surface area contributed by atoms with Gasteiger partial charge in [-0.05, 0) is 42.9 Å². The van der Waals surface area contributed by atoms with Crippen LogP contribution in [0.2, 0.25) is 0 Å². The fraction of sp³-hybridized carbons (Fsp3) is 0.450. The Morgan fingerprint density at radius 1 is 1.23 bits per heavy atom. The minimum Gasteiger partial charge on any atom is -0.508 e. The number of carboxylic acid groups (broad SMARTS) is 1. The second-order valence-corrected chi connectivity index (χ2v) is 6.80. The molecule has 0 bridgehead atoms. The molecule has 0 radical (unpaired) electrons. The van der Waals surface area contributed by atoms with Crippen LogP contribution in [0.1, 0.15) is 38.2 Å². The molecule has 0 aliphatic heterocycles. The first-order chi connectivity index (χ1) is 12.4. The summed E-state index contributed by atoms with van der Waals surface area (Å²) in [4.78, 5) is 35.6. The molecule has 1 aliphatic rings. The summed E-state index contributed by atoms with van der Waals surface area (Å²) in [7, 11) is 0. The summed E-state index contributed by atoms with van der Waals surface area (Å²) in [5, 5.41) is 21.2. The maximum absolute atomic E-state index is 12.3. The van der Waals surface area contributed by atoms with Crippen molar-refractivity contribution in [2.45, 2.75) is 45.1 Å². The number of phenolic OH excluding ortho intramolecular Hbond substituents is 1. The normalized spacial score (nSPS) is 21.0. The molecular formula is C20H25NO5. The SMILES string of the molecule is CC=CCC1CC(=O)CC1CC(=O)N[C@@H](Cc1ccc(O)cc1)C(=O)O. The average Bonchev–Trinajstić information content (AvgIpc) is 2.93. The molecule has 1 amide bonds. The van der Waals surface area contributed by atoms with Crippen molar-refractivity contribution in [3.63, 3.8) is 0 Å². The molecule has 1 saturated carbocycles. The maximum atomic E-state index is 12.3. The highest BCUT2D eigenvalue weighted by Gasteiger charge is 2.34. The summed E-state index contributed by atoms with van der Waals surface area (Å²) in [6.45, 7) is 1.92. The minimum absolute atomic E-state index is 0.0400. The van der Waals surface area contributed by atoms with Gasteiger partial charge in [-0.15, -0.1) is 0 Å². The Bertz CT molecular complexity index is 680. The van der Waals surface area contributed by atoms with E-state index in [2.05, 4.69) is 5.32 Å². The third-order valence-corrected chi connectivity index (χ3v) is 4.78. The second kappa shape index (κ2) is 9.17. The molecule has 0 heterocycles. The van der Waals surface area contributed by atoms with E-state index in [4.69, 9.17) is 0 Å².